The highest BCUT2D eigenvalue weighted by molar-refractivity contribution is 5.47. The molecule has 0 saturated carbocycles. The molecule has 0 atom stereocenters. The zero-order valence-corrected chi connectivity index (χ0v) is 17.5. The first-order chi connectivity index (χ1) is 14.8. The summed E-state index contributed by atoms with van der Waals surface area (Å²) in [4.78, 5) is 5.00. The lowest BCUT2D eigenvalue weighted by Crippen LogP contribution is -2.46. The quantitative estimate of drug-likeness (QED) is 0.558. The Balaban J connectivity index is 1.40. The molecule has 1 fully saturated rings. The van der Waals surface area contributed by atoms with E-state index < -0.39 is 5.41 Å². The summed E-state index contributed by atoms with van der Waals surface area (Å²) in [5, 5.41) is 10.3. The van der Waals surface area contributed by atoms with Crippen LogP contribution < -0.4 is 4.90 Å². The van der Waals surface area contributed by atoms with E-state index in [1.54, 1.807) is 0 Å². The van der Waals surface area contributed by atoms with Crippen LogP contribution in [0, 0.1) is 11.3 Å². The van der Waals surface area contributed by atoms with E-state index in [-0.39, 0.29) is 0 Å². The molecule has 3 heteroatoms. The smallest absolute Gasteiger partial charge is 0.107 e. The van der Waals surface area contributed by atoms with E-state index in [9.17, 15) is 5.26 Å². The van der Waals surface area contributed by atoms with Crippen molar-refractivity contribution in [3.63, 3.8) is 0 Å². The number of nitriles is 1. The molecule has 1 aliphatic rings. The van der Waals surface area contributed by atoms with Gasteiger partial charge in [0.05, 0.1) is 6.07 Å². The van der Waals surface area contributed by atoms with Crippen LogP contribution in [0.25, 0.3) is 0 Å². The Hall–Kier alpha value is -3.09. The minimum absolute atomic E-state index is 0.589. The minimum atomic E-state index is -0.589. The fourth-order valence-electron chi connectivity index (χ4n) is 4.52. The Bertz CT molecular complexity index is 900. The van der Waals surface area contributed by atoms with Crippen molar-refractivity contribution in [1.29, 1.82) is 5.26 Å². The average Bonchev–Trinajstić information content (AvgIpc) is 2.84. The molecule has 3 aromatic carbocycles. The molecule has 1 aliphatic heterocycles. The van der Waals surface area contributed by atoms with Gasteiger partial charge in [0.25, 0.3) is 0 Å². The largest absolute Gasteiger partial charge is 0.369 e. The molecule has 4 rings (SSSR count). The second kappa shape index (κ2) is 9.61. The van der Waals surface area contributed by atoms with Crippen LogP contribution in [-0.4, -0.2) is 37.6 Å². The predicted octanol–water partition coefficient (Wildman–Crippen LogP) is 5.10. The molecule has 3 aromatic rings. The molecule has 0 aliphatic carbocycles. The summed E-state index contributed by atoms with van der Waals surface area (Å²) in [5.74, 6) is 0. The molecule has 0 aromatic heterocycles. The molecular formula is C27H29N3. The lowest BCUT2D eigenvalue weighted by atomic mass is 9.72. The highest BCUT2D eigenvalue weighted by Gasteiger charge is 2.34. The van der Waals surface area contributed by atoms with Gasteiger partial charge in [-0.3, -0.25) is 4.90 Å². The van der Waals surface area contributed by atoms with E-state index in [0.717, 1.165) is 56.7 Å². The standard InChI is InChI=1S/C27H29N3/c28-23-27(24-11-4-1-5-12-24,25-13-6-2-7-14-25)17-10-18-29-19-21-30(22-20-29)26-15-8-3-9-16-26/h1-9,11-16H,10,17-22H2. The summed E-state index contributed by atoms with van der Waals surface area (Å²) in [6.07, 6.45) is 1.83. The van der Waals surface area contributed by atoms with E-state index in [0.29, 0.717) is 0 Å². The van der Waals surface area contributed by atoms with Crippen molar-refractivity contribution < 1.29 is 0 Å². The number of nitrogens with zero attached hydrogens (tertiary/aromatic N) is 3. The molecule has 0 spiro atoms. The van der Waals surface area contributed by atoms with E-state index in [1.807, 2.05) is 36.4 Å². The van der Waals surface area contributed by atoms with Crippen LogP contribution in [0.15, 0.2) is 91.0 Å². The monoisotopic (exact) mass is 395 g/mol. The third-order valence-corrected chi connectivity index (χ3v) is 6.24. The van der Waals surface area contributed by atoms with Crippen LogP contribution >= 0.6 is 0 Å². The Morgan fingerprint density at radius 1 is 0.700 bits per heavy atom. The lowest BCUT2D eigenvalue weighted by molar-refractivity contribution is 0.249. The normalized spacial score (nSPS) is 15.0. The molecular weight excluding hydrogens is 366 g/mol. The first-order valence-corrected chi connectivity index (χ1v) is 10.9. The van der Waals surface area contributed by atoms with Gasteiger partial charge in [-0.2, -0.15) is 5.26 Å². The van der Waals surface area contributed by atoms with Gasteiger partial charge in [-0.1, -0.05) is 78.9 Å². The highest BCUT2D eigenvalue weighted by Crippen LogP contribution is 2.36. The van der Waals surface area contributed by atoms with Gasteiger partial charge < -0.3 is 4.90 Å². The van der Waals surface area contributed by atoms with E-state index in [4.69, 9.17) is 0 Å². The van der Waals surface area contributed by atoms with Crippen molar-refractivity contribution in [3.05, 3.63) is 102 Å². The van der Waals surface area contributed by atoms with Crippen molar-refractivity contribution in [2.24, 2.45) is 0 Å². The van der Waals surface area contributed by atoms with Crippen molar-refractivity contribution in [3.8, 4) is 6.07 Å². The fourth-order valence-corrected chi connectivity index (χ4v) is 4.52. The Morgan fingerprint density at radius 3 is 1.70 bits per heavy atom. The first kappa shape index (κ1) is 20.2. The fraction of sp³-hybridized carbons (Fsp3) is 0.296. The van der Waals surface area contributed by atoms with Gasteiger partial charge in [-0.25, -0.2) is 0 Å². The van der Waals surface area contributed by atoms with Crippen molar-refractivity contribution in [1.82, 2.24) is 4.90 Å². The summed E-state index contributed by atoms with van der Waals surface area (Å²) >= 11 is 0. The molecule has 30 heavy (non-hydrogen) atoms. The number of piperazine rings is 1. The molecule has 0 radical (unpaired) electrons. The average molecular weight is 396 g/mol. The third-order valence-electron chi connectivity index (χ3n) is 6.24. The van der Waals surface area contributed by atoms with Crippen LogP contribution in [0.3, 0.4) is 0 Å². The van der Waals surface area contributed by atoms with Crippen LogP contribution in [0.2, 0.25) is 0 Å². The summed E-state index contributed by atoms with van der Waals surface area (Å²) in [6, 6.07) is 33.9. The van der Waals surface area contributed by atoms with E-state index >= 15 is 0 Å². The van der Waals surface area contributed by atoms with Crippen molar-refractivity contribution >= 4 is 5.69 Å². The summed E-state index contributed by atoms with van der Waals surface area (Å²) in [6.45, 7) is 5.30. The molecule has 0 bridgehead atoms. The minimum Gasteiger partial charge on any atom is -0.369 e. The maximum atomic E-state index is 10.3. The number of benzene rings is 3. The summed E-state index contributed by atoms with van der Waals surface area (Å²) < 4.78 is 0. The van der Waals surface area contributed by atoms with E-state index in [1.165, 1.54) is 5.69 Å². The lowest BCUT2D eigenvalue weighted by Gasteiger charge is -2.36. The van der Waals surface area contributed by atoms with Crippen molar-refractivity contribution in [2.75, 3.05) is 37.6 Å². The van der Waals surface area contributed by atoms with Crippen LogP contribution in [-0.2, 0) is 5.41 Å². The van der Waals surface area contributed by atoms with Crippen molar-refractivity contribution in [2.45, 2.75) is 18.3 Å². The Kier molecular flexibility index (Phi) is 6.47. The van der Waals surface area contributed by atoms with Gasteiger partial charge >= 0.3 is 0 Å². The molecule has 152 valence electrons. The summed E-state index contributed by atoms with van der Waals surface area (Å²) in [7, 11) is 0. The van der Waals surface area contributed by atoms with Gasteiger partial charge in [0.2, 0.25) is 0 Å². The van der Waals surface area contributed by atoms with Crippen LogP contribution in [0.4, 0.5) is 5.69 Å². The molecule has 3 nitrogen and oxygen atoms in total. The van der Waals surface area contributed by atoms with Gasteiger partial charge in [0, 0.05) is 31.9 Å². The van der Waals surface area contributed by atoms with Gasteiger partial charge in [0.1, 0.15) is 5.41 Å². The number of para-hydroxylation sites is 1. The summed E-state index contributed by atoms with van der Waals surface area (Å²) in [5.41, 5.74) is 2.91. The molecule has 0 unspecified atom stereocenters. The van der Waals surface area contributed by atoms with Crippen LogP contribution in [0.1, 0.15) is 24.0 Å². The SMILES string of the molecule is N#CC(CCCN1CCN(c2ccccc2)CC1)(c1ccccc1)c1ccccc1. The molecule has 0 amide bonds. The van der Waals surface area contributed by atoms with E-state index in [2.05, 4.69) is 70.5 Å². The predicted molar refractivity (Wildman–Crippen MR) is 124 cm³/mol. The van der Waals surface area contributed by atoms with Crippen LogP contribution in [0.5, 0.6) is 0 Å². The highest BCUT2D eigenvalue weighted by atomic mass is 15.3. The van der Waals surface area contributed by atoms with Gasteiger partial charge in [-0.05, 0) is 42.6 Å². The first-order valence-electron chi connectivity index (χ1n) is 10.9. The Labute approximate surface area is 180 Å². The maximum absolute atomic E-state index is 10.3. The third kappa shape index (κ3) is 4.40. The zero-order valence-electron chi connectivity index (χ0n) is 17.5. The molecule has 0 N–H and O–H groups in total. The number of hydrogen-bond donors (Lipinski definition) is 0. The topological polar surface area (TPSA) is 30.3 Å². The number of anilines is 1. The molecule has 1 saturated heterocycles. The second-order valence-electron chi connectivity index (χ2n) is 8.02. The zero-order chi connectivity index (χ0) is 20.7. The Morgan fingerprint density at radius 2 is 1.20 bits per heavy atom. The van der Waals surface area contributed by atoms with Gasteiger partial charge in [0.15, 0.2) is 0 Å². The number of hydrogen-bond acceptors (Lipinski definition) is 3. The second-order valence-corrected chi connectivity index (χ2v) is 8.02. The maximum Gasteiger partial charge on any atom is 0.107 e. The number of rotatable bonds is 7. The molecule has 1 heterocycles. The van der Waals surface area contributed by atoms with Gasteiger partial charge in [-0.15, -0.1) is 0 Å².